The minimum atomic E-state index is -5.90. The normalized spacial score (nSPS) is 19.9. The summed E-state index contributed by atoms with van der Waals surface area (Å²) in [4.78, 5) is 15.7. The van der Waals surface area contributed by atoms with Crippen molar-refractivity contribution in [2.24, 2.45) is 10.9 Å². The highest BCUT2D eigenvalue weighted by Crippen LogP contribution is 2.41. The molecule has 0 aliphatic carbocycles. The van der Waals surface area contributed by atoms with Crippen molar-refractivity contribution < 1.29 is 49.0 Å². The lowest BCUT2D eigenvalue weighted by molar-refractivity contribution is -0.275. The maximum atomic E-state index is 12.7. The molecule has 1 aromatic carbocycles. The molecule has 1 heterocycles. The van der Waals surface area contributed by atoms with Gasteiger partial charge in [0.2, 0.25) is 5.92 Å². The maximum Gasteiger partial charge on any atom is 0.573 e. The highest BCUT2D eigenvalue weighted by Gasteiger charge is 2.61. The van der Waals surface area contributed by atoms with E-state index in [1.54, 1.807) is 6.92 Å². The summed E-state index contributed by atoms with van der Waals surface area (Å²) < 4.78 is 117. The average Bonchev–Trinajstić information content (AvgIpc) is 2.83. The van der Waals surface area contributed by atoms with Gasteiger partial charge in [-0.25, -0.2) is 0 Å². The first-order valence-electron chi connectivity index (χ1n) is 7.64. The van der Waals surface area contributed by atoms with E-state index in [-0.39, 0.29) is 12.2 Å². The van der Waals surface area contributed by atoms with Gasteiger partial charge in [0, 0.05) is 23.5 Å². The maximum absolute atomic E-state index is 12.7. The van der Waals surface area contributed by atoms with Gasteiger partial charge >= 0.3 is 18.7 Å². The topological polar surface area (TPSA) is 41.9 Å². The van der Waals surface area contributed by atoms with Crippen LogP contribution in [-0.2, 0) is 4.79 Å². The molecule has 1 unspecified atom stereocenters. The highest BCUT2D eigenvalue weighted by molar-refractivity contribution is 8.15. The third-order valence-corrected chi connectivity index (χ3v) is 4.52. The number of hydrogen-bond acceptors (Lipinski definition) is 3. The van der Waals surface area contributed by atoms with Crippen molar-refractivity contribution in [3.8, 4) is 5.75 Å². The quantitative estimate of drug-likeness (QED) is 0.593. The SMILES string of the molecule is CC1CN(c2cccc(OC(F)(F)F)c2)C(=NC(=O)C(C(F)(F)F)C(F)(F)F)S1. The van der Waals surface area contributed by atoms with Crippen LogP contribution >= 0.6 is 11.8 Å². The van der Waals surface area contributed by atoms with Crippen LogP contribution in [0.5, 0.6) is 5.75 Å². The Kier molecular flexibility index (Phi) is 6.35. The number of hydrogen-bond donors (Lipinski definition) is 0. The largest absolute Gasteiger partial charge is 0.573 e. The van der Waals surface area contributed by atoms with E-state index in [0.29, 0.717) is 11.8 Å². The number of alkyl halides is 9. The average molecular weight is 454 g/mol. The van der Waals surface area contributed by atoms with Gasteiger partial charge in [0.25, 0.3) is 5.91 Å². The number of thioether (sulfide) groups is 1. The van der Waals surface area contributed by atoms with Crippen molar-refractivity contribution in [3.05, 3.63) is 24.3 Å². The Morgan fingerprint density at radius 3 is 2.24 bits per heavy atom. The van der Waals surface area contributed by atoms with Crippen LogP contribution in [0.15, 0.2) is 29.3 Å². The molecule has 0 aromatic heterocycles. The number of rotatable bonds is 3. The van der Waals surface area contributed by atoms with E-state index in [1.165, 1.54) is 6.07 Å². The first-order valence-corrected chi connectivity index (χ1v) is 8.52. The van der Waals surface area contributed by atoms with Gasteiger partial charge in [0.05, 0.1) is 0 Å². The predicted octanol–water partition coefficient (Wildman–Crippen LogP) is 5.15. The summed E-state index contributed by atoms with van der Waals surface area (Å²) in [5.74, 6) is -7.43. The molecule has 0 saturated carbocycles. The molecule has 2 rings (SSSR count). The van der Waals surface area contributed by atoms with Crippen molar-refractivity contribution in [1.29, 1.82) is 0 Å². The summed E-state index contributed by atoms with van der Waals surface area (Å²) in [5, 5.41) is -0.908. The fraction of sp³-hybridized carbons (Fsp3) is 0.467. The molecule has 1 atom stereocenters. The van der Waals surface area contributed by atoms with Crippen LogP contribution in [0.3, 0.4) is 0 Å². The monoisotopic (exact) mass is 454 g/mol. The Hall–Kier alpha value is -2.12. The summed E-state index contributed by atoms with van der Waals surface area (Å²) >= 11 is 0.712. The zero-order valence-electron chi connectivity index (χ0n) is 14.2. The molecule has 1 saturated heterocycles. The molecule has 14 heteroatoms. The van der Waals surface area contributed by atoms with Crippen molar-refractivity contribution in [1.82, 2.24) is 0 Å². The number of amides is 1. The number of nitrogens with zero attached hydrogens (tertiary/aromatic N) is 2. The number of ether oxygens (including phenoxy) is 1. The summed E-state index contributed by atoms with van der Waals surface area (Å²) in [6, 6.07) is 4.20. The Morgan fingerprint density at radius 2 is 1.72 bits per heavy atom. The van der Waals surface area contributed by atoms with Crippen molar-refractivity contribution in [2.45, 2.75) is 30.9 Å². The minimum Gasteiger partial charge on any atom is -0.406 e. The molecule has 1 fully saturated rings. The van der Waals surface area contributed by atoms with Gasteiger partial charge in [-0.2, -0.15) is 31.3 Å². The number of carbonyl (C=O) groups excluding carboxylic acids is 1. The fourth-order valence-electron chi connectivity index (χ4n) is 2.39. The third-order valence-electron chi connectivity index (χ3n) is 3.45. The van der Waals surface area contributed by atoms with Crippen molar-refractivity contribution >= 4 is 28.5 Å². The second-order valence-corrected chi connectivity index (χ2v) is 7.24. The standard InChI is InChI=1S/C15H11F9N2O2S/c1-7-6-26(8-3-2-4-9(5-8)28-15(22,23)24)12(29-7)25-11(27)10(13(16,17)18)14(19,20)21/h2-5,7,10H,6H2,1H3. The zero-order valence-corrected chi connectivity index (χ0v) is 15.0. The Labute approximate surface area is 161 Å². The molecular formula is C15H11F9N2O2S. The molecule has 0 radical (unpaired) electrons. The second kappa shape index (κ2) is 7.95. The number of halogens is 9. The molecule has 29 heavy (non-hydrogen) atoms. The molecule has 1 aliphatic rings. The van der Waals surface area contributed by atoms with Crippen LogP contribution in [0.25, 0.3) is 0 Å². The number of amidine groups is 1. The highest BCUT2D eigenvalue weighted by atomic mass is 32.2. The van der Waals surface area contributed by atoms with Gasteiger partial charge in [0.1, 0.15) is 5.75 Å². The fourth-order valence-corrected chi connectivity index (χ4v) is 3.42. The van der Waals surface area contributed by atoms with E-state index in [4.69, 9.17) is 0 Å². The van der Waals surface area contributed by atoms with Crippen LogP contribution in [0.1, 0.15) is 6.92 Å². The van der Waals surface area contributed by atoms with Gasteiger partial charge in [-0.05, 0) is 12.1 Å². The van der Waals surface area contributed by atoms with Gasteiger partial charge < -0.3 is 9.64 Å². The van der Waals surface area contributed by atoms with Crippen LogP contribution in [0, 0.1) is 5.92 Å². The summed E-state index contributed by atoms with van der Waals surface area (Å²) in [6.45, 7) is 1.53. The Balaban J connectivity index is 2.37. The van der Waals surface area contributed by atoms with Gasteiger partial charge in [-0.1, -0.05) is 24.8 Å². The molecule has 1 aliphatic heterocycles. The molecule has 4 nitrogen and oxygen atoms in total. The Morgan fingerprint density at radius 1 is 1.14 bits per heavy atom. The van der Waals surface area contributed by atoms with Crippen LogP contribution in [0.4, 0.5) is 45.2 Å². The molecule has 0 spiro atoms. The first kappa shape index (κ1) is 23.2. The first-order chi connectivity index (χ1) is 13.1. The van der Waals surface area contributed by atoms with E-state index in [1.807, 2.05) is 0 Å². The lowest BCUT2D eigenvalue weighted by atomic mass is 10.1. The van der Waals surface area contributed by atoms with Crippen LogP contribution < -0.4 is 9.64 Å². The number of carbonyl (C=O) groups is 1. The van der Waals surface area contributed by atoms with E-state index in [9.17, 15) is 44.3 Å². The van der Waals surface area contributed by atoms with Crippen LogP contribution in [-0.4, -0.2) is 41.6 Å². The van der Waals surface area contributed by atoms with Gasteiger partial charge in [-0.3, -0.25) is 4.79 Å². The molecule has 1 aromatic rings. The predicted molar refractivity (Wildman–Crippen MR) is 85.6 cm³/mol. The Bertz CT molecular complexity index is 775. The van der Waals surface area contributed by atoms with E-state index in [2.05, 4.69) is 9.73 Å². The van der Waals surface area contributed by atoms with E-state index in [0.717, 1.165) is 23.1 Å². The number of anilines is 1. The minimum absolute atomic E-state index is 0.0189. The summed E-state index contributed by atoms with van der Waals surface area (Å²) in [7, 11) is 0. The van der Waals surface area contributed by atoms with Crippen molar-refractivity contribution in [3.63, 3.8) is 0 Å². The third kappa shape index (κ3) is 6.18. The van der Waals surface area contributed by atoms with Crippen LogP contribution in [0.2, 0.25) is 0 Å². The number of benzene rings is 1. The second-order valence-electron chi connectivity index (χ2n) is 5.83. The zero-order chi connectivity index (χ0) is 22.2. The lowest BCUT2D eigenvalue weighted by Crippen LogP contribution is -2.42. The molecule has 0 bridgehead atoms. The molecule has 162 valence electrons. The molecule has 0 N–H and O–H groups in total. The smallest absolute Gasteiger partial charge is 0.406 e. The molecular weight excluding hydrogens is 443 g/mol. The summed E-state index contributed by atoms with van der Waals surface area (Å²) in [6.07, 6.45) is -16.8. The summed E-state index contributed by atoms with van der Waals surface area (Å²) in [5.41, 5.74) is -0.0503. The van der Waals surface area contributed by atoms with E-state index < -0.39 is 46.7 Å². The van der Waals surface area contributed by atoms with Gasteiger partial charge in [-0.15, -0.1) is 13.2 Å². The lowest BCUT2D eigenvalue weighted by Gasteiger charge is -2.22. The molecule has 1 amide bonds. The number of aliphatic imine (C=N–C) groups is 1. The van der Waals surface area contributed by atoms with E-state index >= 15 is 0 Å². The van der Waals surface area contributed by atoms with Crippen molar-refractivity contribution in [2.75, 3.05) is 11.4 Å². The van der Waals surface area contributed by atoms with Gasteiger partial charge in [0.15, 0.2) is 5.17 Å².